The zero-order valence-electron chi connectivity index (χ0n) is 10.3. The average molecular weight is 247 g/mol. The minimum atomic E-state index is -0.553. The van der Waals surface area contributed by atoms with E-state index in [2.05, 4.69) is 31.0 Å². The summed E-state index contributed by atoms with van der Waals surface area (Å²) in [6.45, 7) is 6.28. The minimum Gasteiger partial charge on any atom is -0.383 e. The van der Waals surface area contributed by atoms with E-state index in [1.165, 1.54) is 5.56 Å². The Morgan fingerprint density at radius 3 is 2.18 bits per heavy atom. The number of aliphatic hydroxyl groups excluding tert-OH is 1. The summed E-state index contributed by atoms with van der Waals surface area (Å²) in [6, 6.07) is 8.15. The number of aromatic nitrogens is 1. The van der Waals surface area contributed by atoms with Crippen molar-refractivity contribution in [2.75, 3.05) is 0 Å². The van der Waals surface area contributed by atoms with Crippen LogP contribution in [0.15, 0.2) is 30.5 Å². The van der Waals surface area contributed by atoms with Gasteiger partial charge in [0.2, 0.25) is 0 Å². The number of benzene rings is 1. The third kappa shape index (κ3) is 2.73. The quantitative estimate of drug-likeness (QED) is 0.898. The summed E-state index contributed by atoms with van der Waals surface area (Å²) in [5.74, 6) is 0.520. The van der Waals surface area contributed by atoms with Gasteiger partial charge in [-0.2, -0.15) is 0 Å². The van der Waals surface area contributed by atoms with Crippen molar-refractivity contribution < 1.29 is 5.11 Å². The molecule has 2 nitrogen and oxygen atoms in total. The molecule has 3 heteroatoms. The lowest BCUT2D eigenvalue weighted by molar-refractivity contribution is 0.224. The first kappa shape index (κ1) is 12.3. The second kappa shape index (κ2) is 4.98. The first-order valence-corrected chi connectivity index (χ1v) is 6.60. The van der Waals surface area contributed by atoms with Crippen LogP contribution in [0.2, 0.25) is 0 Å². The summed E-state index contributed by atoms with van der Waals surface area (Å²) in [5, 5.41) is 11.2. The fourth-order valence-electron chi connectivity index (χ4n) is 1.73. The average Bonchev–Trinajstić information content (AvgIpc) is 2.75. The fraction of sp³-hybridized carbons (Fsp3) is 0.357. The highest BCUT2D eigenvalue weighted by Crippen LogP contribution is 2.27. The molecule has 0 fully saturated rings. The Morgan fingerprint density at radius 1 is 1.12 bits per heavy atom. The van der Waals surface area contributed by atoms with Gasteiger partial charge in [0.05, 0.1) is 9.88 Å². The summed E-state index contributed by atoms with van der Waals surface area (Å²) in [6.07, 6.45) is 1.20. The van der Waals surface area contributed by atoms with E-state index in [1.54, 1.807) is 17.5 Å². The van der Waals surface area contributed by atoms with E-state index in [0.29, 0.717) is 5.92 Å². The molecule has 2 rings (SSSR count). The molecule has 0 aliphatic heterocycles. The zero-order valence-corrected chi connectivity index (χ0v) is 11.2. The third-order valence-corrected chi connectivity index (χ3v) is 3.79. The van der Waals surface area contributed by atoms with Crippen molar-refractivity contribution in [3.8, 4) is 0 Å². The molecule has 0 amide bonds. The number of thiazole rings is 1. The first-order chi connectivity index (χ1) is 8.08. The Kier molecular flexibility index (Phi) is 3.60. The second-order valence-electron chi connectivity index (χ2n) is 4.51. The Hall–Kier alpha value is -1.19. The van der Waals surface area contributed by atoms with Crippen molar-refractivity contribution in [3.63, 3.8) is 0 Å². The predicted octanol–water partition coefficient (Wildman–Crippen LogP) is 3.66. The lowest BCUT2D eigenvalue weighted by Crippen LogP contribution is -1.97. The van der Waals surface area contributed by atoms with Gasteiger partial charge in [-0.15, -0.1) is 11.3 Å². The third-order valence-electron chi connectivity index (χ3n) is 2.83. The molecule has 1 atom stereocenters. The highest BCUT2D eigenvalue weighted by molar-refractivity contribution is 7.11. The summed E-state index contributed by atoms with van der Waals surface area (Å²) in [5.41, 5.74) is 2.22. The molecule has 1 aromatic heterocycles. The van der Waals surface area contributed by atoms with E-state index in [1.807, 2.05) is 19.1 Å². The van der Waals surface area contributed by atoms with Gasteiger partial charge in [0.25, 0.3) is 0 Å². The Labute approximate surface area is 106 Å². The monoisotopic (exact) mass is 247 g/mol. The van der Waals surface area contributed by atoms with Gasteiger partial charge < -0.3 is 5.11 Å². The van der Waals surface area contributed by atoms with Crippen LogP contribution >= 0.6 is 11.3 Å². The zero-order chi connectivity index (χ0) is 12.4. The maximum atomic E-state index is 10.2. The highest BCUT2D eigenvalue weighted by atomic mass is 32.1. The summed E-state index contributed by atoms with van der Waals surface area (Å²) >= 11 is 1.54. The lowest BCUT2D eigenvalue weighted by Gasteiger charge is -2.10. The van der Waals surface area contributed by atoms with Gasteiger partial charge in [0.15, 0.2) is 0 Å². The molecule has 0 radical (unpaired) electrons. The van der Waals surface area contributed by atoms with Crippen LogP contribution in [0.5, 0.6) is 0 Å². The molecule has 1 unspecified atom stereocenters. The highest BCUT2D eigenvalue weighted by Gasteiger charge is 2.13. The number of hydrogen-bond acceptors (Lipinski definition) is 3. The molecule has 1 N–H and O–H groups in total. The number of aryl methyl sites for hydroxylation is 1. The van der Waals surface area contributed by atoms with Crippen molar-refractivity contribution in [3.05, 3.63) is 51.5 Å². The minimum absolute atomic E-state index is 0.520. The molecule has 0 aliphatic carbocycles. The van der Waals surface area contributed by atoms with Crippen LogP contribution in [0, 0.1) is 6.92 Å². The fourth-order valence-corrected chi connectivity index (χ4v) is 2.53. The lowest BCUT2D eigenvalue weighted by atomic mass is 10.00. The van der Waals surface area contributed by atoms with E-state index in [-0.39, 0.29) is 0 Å². The van der Waals surface area contributed by atoms with E-state index in [4.69, 9.17) is 0 Å². The Balaban J connectivity index is 2.22. The second-order valence-corrected chi connectivity index (χ2v) is 5.77. The van der Waals surface area contributed by atoms with Gasteiger partial charge in [0, 0.05) is 6.20 Å². The largest absolute Gasteiger partial charge is 0.383 e. The topological polar surface area (TPSA) is 33.1 Å². The van der Waals surface area contributed by atoms with Gasteiger partial charge in [-0.1, -0.05) is 38.1 Å². The SMILES string of the molecule is Cc1ncc(C(O)c2ccc(C(C)C)cc2)s1. The molecular weight excluding hydrogens is 230 g/mol. The van der Waals surface area contributed by atoms with E-state index in [9.17, 15) is 5.11 Å². The maximum absolute atomic E-state index is 10.2. The van der Waals surface area contributed by atoms with Crippen molar-refractivity contribution in [1.82, 2.24) is 4.98 Å². The molecule has 17 heavy (non-hydrogen) atoms. The van der Waals surface area contributed by atoms with Gasteiger partial charge in [-0.25, -0.2) is 4.98 Å². The van der Waals surface area contributed by atoms with Crippen LogP contribution in [0.1, 0.15) is 46.9 Å². The van der Waals surface area contributed by atoms with Gasteiger partial charge in [-0.3, -0.25) is 0 Å². The Bertz CT molecular complexity index is 487. The standard InChI is InChI=1S/C14H17NOS/c1-9(2)11-4-6-12(7-5-11)14(16)13-8-15-10(3)17-13/h4-9,14,16H,1-3H3. The molecule has 2 aromatic rings. The number of hydrogen-bond donors (Lipinski definition) is 1. The number of aliphatic hydroxyl groups is 1. The molecule has 0 spiro atoms. The smallest absolute Gasteiger partial charge is 0.115 e. The molecule has 0 saturated carbocycles. The molecule has 0 saturated heterocycles. The summed E-state index contributed by atoms with van der Waals surface area (Å²) in [4.78, 5) is 5.07. The van der Waals surface area contributed by atoms with Crippen molar-refractivity contribution in [2.24, 2.45) is 0 Å². The van der Waals surface area contributed by atoms with Gasteiger partial charge >= 0.3 is 0 Å². The summed E-state index contributed by atoms with van der Waals surface area (Å²) in [7, 11) is 0. The van der Waals surface area contributed by atoms with Gasteiger partial charge in [0.1, 0.15) is 6.10 Å². The molecule has 1 heterocycles. The molecular formula is C14H17NOS. The predicted molar refractivity (Wildman–Crippen MR) is 71.4 cm³/mol. The van der Waals surface area contributed by atoms with E-state index >= 15 is 0 Å². The van der Waals surface area contributed by atoms with Crippen molar-refractivity contribution >= 4 is 11.3 Å². The van der Waals surface area contributed by atoms with Crippen LogP contribution in [0.4, 0.5) is 0 Å². The normalized spacial score (nSPS) is 13.0. The van der Waals surface area contributed by atoms with Crippen LogP contribution in [-0.4, -0.2) is 10.1 Å². The molecule has 90 valence electrons. The molecule has 0 aliphatic rings. The van der Waals surface area contributed by atoms with E-state index in [0.717, 1.165) is 15.4 Å². The Morgan fingerprint density at radius 2 is 1.71 bits per heavy atom. The van der Waals surface area contributed by atoms with Crippen LogP contribution in [0.3, 0.4) is 0 Å². The van der Waals surface area contributed by atoms with E-state index < -0.39 is 6.10 Å². The van der Waals surface area contributed by atoms with Crippen LogP contribution < -0.4 is 0 Å². The summed E-state index contributed by atoms with van der Waals surface area (Å²) < 4.78 is 0. The van der Waals surface area contributed by atoms with Crippen LogP contribution in [0.25, 0.3) is 0 Å². The van der Waals surface area contributed by atoms with Crippen molar-refractivity contribution in [1.29, 1.82) is 0 Å². The van der Waals surface area contributed by atoms with Gasteiger partial charge in [-0.05, 0) is 24.0 Å². The molecule has 1 aromatic carbocycles. The number of nitrogens with zero attached hydrogens (tertiary/aromatic N) is 1. The number of rotatable bonds is 3. The maximum Gasteiger partial charge on any atom is 0.115 e. The first-order valence-electron chi connectivity index (χ1n) is 5.78. The van der Waals surface area contributed by atoms with Crippen LogP contribution in [-0.2, 0) is 0 Å². The molecule has 0 bridgehead atoms. The van der Waals surface area contributed by atoms with Crippen molar-refractivity contribution in [2.45, 2.75) is 32.8 Å².